The molecule has 2 N–H and O–H groups in total. The molecule has 0 bridgehead atoms. The molecule has 0 aliphatic heterocycles. The quantitative estimate of drug-likeness (QED) is 0.813. The Kier molecular flexibility index (Phi) is 6.29. The van der Waals surface area contributed by atoms with E-state index >= 15 is 0 Å². The highest BCUT2D eigenvalue weighted by molar-refractivity contribution is 5.94. The van der Waals surface area contributed by atoms with Crippen LogP contribution < -0.4 is 10.1 Å². The second-order valence-corrected chi connectivity index (χ2v) is 6.26. The number of aliphatic hydroxyl groups is 1. The average Bonchev–Trinajstić information content (AvgIpc) is 2.44. The third kappa shape index (κ3) is 5.26. The highest BCUT2D eigenvalue weighted by Gasteiger charge is 2.30. The van der Waals surface area contributed by atoms with Gasteiger partial charge in [-0.3, -0.25) is 4.79 Å². The van der Waals surface area contributed by atoms with Crippen LogP contribution >= 0.6 is 0 Å². The van der Waals surface area contributed by atoms with E-state index in [4.69, 9.17) is 0 Å². The molecule has 0 aliphatic rings. The minimum absolute atomic E-state index is 0.00195. The molecule has 0 aromatic heterocycles. The van der Waals surface area contributed by atoms with E-state index in [1.807, 2.05) is 27.7 Å². The third-order valence-electron chi connectivity index (χ3n) is 3.48. The lowest BCUT2D eigenvalue weighted by Crippen LogP contribution is -2.43. The van der Waals surface area contributed by atoms with Crippen molar-refractivity contribution >= 4 is 5.91 Å². The van der Waals surface area contributed by atoms with Gasteiger partial charge in [0.1, 0.15) is 5.75 Å². The lowest BCUT2D eigenvalue weighted by molar-refractivity contribution is -0.0498. The van der Waals surface area contributed by atoms with Gasteiger partial charge >= 0.3 is 6.61 Å². The maximum absolute atomic E-state index is 12.0. The number of benzene rings is 1. The summed E-state index contributed by atoms with van der Waals surface area (Å²) in [5.74, 6) is -0.243. The van der Waals surface area contributed by atoms with Crippen LogP contribution in [-0.2, 0) is 0 Å². The lowest BCUT2D eigenvalue weighted by atomic mass is 9.80. The zero-order chi connectivity index (χ0) is 16.9. The van der Waals surface area contributed by atoms with Crippen molar-refractivity contribution in [2.75, 3.05) is 6.54 Å². The summed E-state index contributed by atoms with van der Waals surface area (Å²) in [6, 6.07) is 5.46. The van der Waals surface area contributed by atoms with Gasteiger partial charge in [0.25, 0.3) is 5.91 Å². The first-order chi connectivity index (χ1) is 10.1. The number of ether oxygens (including phenoxy) is 1. The molecule has 0 heterocycles. The molecule has 1 rings (SSSR count). The number of aliphatic hydroxyl groups excluding tert-OH is 1. The Bertz CT molecular complexity index is 487. The minimum Gasteiger partial charge on any atom is -0.435 e. The van der Waals surface area contributed by atoms with E-state index in [1.165, 1.54) is 24.3 Å². The van der Waals surface area contributed by atoms with Gasteiger partial charge in [-0.2, -0.15) is 8.78 Å². The van der Waals surface area contributed by atoms with Gasteiger partial charge in [0.2, 0.25) is 0 Å². The van der Waals surface area contributed by atoms with Crippen LogP contribution in [0.3, 0.4) is 0 Å². The fraction of sp³-hybridized carbons (Fsp3) is 0.562. The molecular weight excluding hydrogens is 292 g/mol. The van der Waals surface area contributed by atoms with Gasteiger partial charge in [-0.25, -0.2) is 0 Å². The van der Waals surface area contributed by atoms with Crippen molar-refractivity contribution < 1.29 is 23.4 Å². The normalized spacial score (nSPS) is 13.3. The zero-order valence-electron chi connectivity index (χ0n) is 13.3. The monoisotopic (exact) mass is 315 g/mol. The van der Waals surface area contributed by atoms with Crippen LogP contribution in [-0.4, -0.2) is 30.3 Å². The number of amides is 1. The molecule has 0 aliphatic carbocycles. The first-order valence-electron chi connectivity index (χ1n) is 7.14. The largest absolute Gasteiger partial charge is 0.435 e. The molecule has 0 spiro atoms. The Labute approximate surface area is 129 Å². The highest BCUT2D eigenvalue weighted by Crippen LogP contribution is 2.25. The summed E-state index contributed by atoms with van der Waals surface area (Å²) in [6.07, 6.45) is -0.547. The Morgan fingerprint density at radius 3 is 2.27 bits per heavy atom. The van der Waals surface area contributed by atoms with E-state index in [2.05, 4.69) is 10.1 Å². The van der Waals surface area contributed by atoms with E-state index in [-0.39, 0.29) is 17.6 Å². The second kappa shape index (κ2) is 7.54. The number of alkyl halides is 2. The molecule has 1 aromatic rings. The van der Waals surface area contributed by atoms with Crippen molar-refractivity contribution in [3.05, 3.63) is 29.8 Å². The van der Waals surface area contributed by atoms with E-state index in [1.54, 1.807) is 0 Å². The van der Waals surface area contributed by atoms with E-state index in [9.17, 15) is 18.7 Å². The van der Waals surface area contributed by atoms with Crippen LogP contribution in [0.2, 0.25) is 0 Å². The maximum Gasteiger partial charge on any atom is 0.387 e. The molecule has 1 unspecified atom stereocenters. The van der Waals surface area contributed by atoms with E-state index < -0.39 is 18.1 Å². The standard InChI is InChI=1S/C16H23F2NO3/c1-10(2)13(20)16(3,4)9-19-14(21)11-5-7-12(8-6-11)22-15(17)18/h5-8,10,13,15,20H,9H2,1-4H3,(H,19,21). The first kappa shape index (κ1) is 18.4. The fourth-order valence-corrected chi connectivity index (χ4v) is 2.20. The van der Waals surface area contributed by atoms with E-state index in [0.717, 1.165) is 0 Å². The number of carbonyl (C=O) groups is 1. The van der Waals surface area contributed by atoms with Crippen LogP contribution in [0.1, 0.15) is 38.1 Å². The second-order valence-electron chi connectivity index (χ2n) is 6.26. The lowest BCUT2D eigenvalue weighted by Gasteiger charge is -2.33. The van der Waals surface area contributed by atoms with Crippen molar-refractivity contribution in [2.24, 2.45) is 11.3 Å². The first-order valence-corrected chi connectivity index (χ1v) is 7.14. The third-order valence-corrected chi connectivity index (χ3v) is 3.48. The summed E-state index contributed by atoms with van der Waals surface area (Å²) in [5, 5.41) is 12.9. The number of rotatable bonds is 7. The molecule has 0 fully saturated rings. The summed E-state index contributed by atoms with van der Waals surface area (Å²) in [5.41, 5.74) is -0.126. The number of hydrogen-bond donors (Lipinski definition) is 2. The Morgan fingerprint density at radius 1 is 1.27 bits per heavy atom. The molecule has 0 radical (unpaired) electrons. The van der Waals surface area contributed by atoms with Crippen LogP contribution in [0, 0.1) is 11.3 Å². The highest BCUT2D eigenvalue weighted by atomic mass is 19.3. The van der Waals surface area contributed by atoms with Crippen LogP contribution in [0.4, 0.5) is 8.78 Å². The van der Waals surface area contributed by atoms with Crippen LogP contribution in [0.15, 0.2) is 24.3 Å². The van der Waals surface area contributed by atoms with Crippen molar-refractivity contribution in [3.63, 3.8) is 0 Å². The SMILES string of the molecule is CC(C)C(O)C(C)(C)CNC(=O)c1ccc(OC(F)F)cc1. The maximum atomic E-state index is 12.0. The Balaban J connectivity index is 2.62. The molecule has 22 heavy (non-hydrogen) atoms. The summed E-state index contributed by atoms with van der Waals surface area (Å²) in [7, 11) is 0. The van der Waals surface area contributed by atoms with Gasteiger partial charge in [0, 0.05) is 17.5 Å². The van der Waals surface area contributed by atoms with Crippen molar-refractivity contribution in [1.82, 2.24) is 5.32 Å². The van der Waals surface area contributed by atoms with Crippen molar-refractivity contribution in [1.29, 1.82) is 0 Å². The van der Waals surface area contributed by atoms with E-state index in [0.29, 0.717) is 12.1 Å². The zero-order valence-corrected chi connectivity index (χ0v) is 13.3. The van der Waals surface area contributed by atoms with Gasteiger partial charge in [-0.15, -0.1) is 0 Å². The summed E-state index contributed by atoms with van der Waals surface area (Å²) in [6.45, 7) is 4.99. The predicted molar refractivity (Wildman–Crippen MR) is 80.0 cm³/mol. The fourth-order valence-electron chi connectivity index (χ4n) is 2.20. The summed E-state index contributed by atoms with van der Waals surface area (Å²) < 4.78 is 28.3. The smallest absolute Gasteiger partial charge is 0.387 e. The molecule has 124 valence electrons. The Morgan fingerprint density at radius 2 is 1.82 bits per heavy atom. The molecule has 0 saturated carbocycles. The molecule has 4 nitrogen and oxygen atoms in total. The Hall–Kier alpha value is -1.69. The molecule has 0 saturated heterocycles. The number of halogens is 2. The average molecular weight is 315 g/mol. The van der Waals surface area contributed by atoms with Gasteiger partial charge in [0.15, 0.2) is 0 Å². The summed E-state index contributed by atoms with van der Waals surface area (Å²) >= 11 is 0. The number of nitrogens with one attached hydrogen (secondary N) is 1. The molecule has 1 atom stereocenters. The van der Waals surface area contributed by atoms with Crippen LogP contribution in [0.5, 0.6) is 5.75 Å². The predicted octanol–water partition coefficient (Wildman–Crippen LogP) is 3.06. The molecule has 1 amide bonds. The van der Waals surface area contributed by atoms with Crippen molar-refractivity contribution in [2.45, 2.75) is 40.4 Å². The van der Waals surface area contributed by atoms with Gasteiger partial charge in [-0.1, -0.05) is 27.7 Å². The topological polar surface area (TPSA) is 58.6 Å². The molecule has 1 aromatic carbocycles. The van der Waals surface area contributed by atoms with Gasteiger partial charge < -0.3 is 15.2 Å². The van der Waals surface area contributed by atoms with Crippen LogP contribution in [0.25, 0.3) is 0 Å². The van der Waals surface area contributed by atoms with Gasteiger partial charge in [0.05, 0.1) is 6.10 Å². The molecular formula is C16H23F2NO3. The number of carbonyl (C=O) groups excluding carboxylic acids is 1. The number of hydrogen-bond acceptors (Lipinski definition) is 3. The summed E-state index contributed by atoms with van der Waals surface area (Å²) in [4.78, 5) is 12.0. The van der Waals surface area contributed by atoms with Gasteiger partial charge in [-0.05, 0) is 30.2 Å². The molecule has 6 heteroatoms. The minimum atomic E-state index is -2.89. The van der Waals surface area contributed by atoms with Crippen molar-refractivity contribution in [3.8, 4) is 5.75 Å².